The fourth-order valence-corrected chi connectivity index (χ4v) is 5.23. The number of carbonyl (C=O) groups excluding carboxylic acids is 2. The summed E-state index contributed by atoms with van der Waals surface area (Å²) in [6.07, 6.45) is 1.22. The molecule has 34 heavy (non-hydrogen) atoms. The number of hydrogen-bond donors (Lipinski definition) is 2. The largest absolute Gasteiger partial charge is 0.463 e. The first-order valence-corrected chi connectivity index (χ1v) is 12.4. The van der Waals surface area contributed by atoms with Crippen molar-refractivity contribution in [1.29, 1.82) is 0 Å². The second-order valence-electron chi connectivity index (χ2n) is 7.48. The summed E-state index contributed by atoms with van der Waals surface area (Å²) in [7, 11) is -3.82. The molecule has 0 bridgehead atoms. The van der Waals surface area contributed by atoms with Crippen molar-refractivity contribution in [2.24, 2.45) is 0 Å². The summed E-state index contributed by atoms with van der Waals surface area (Å²) < 4.78 is 33.5. The molecule has 2 aromatic rings. The van der Waals surface area contributed by atoms with Crippen LogP contribution in [-0.2, 0) is 26.1 Å². The van der Waals surface area contributed by atoms with Gasteiger partial charge in [-0.05, 0) is 18.6 Å². The van der Waals surface area contributed by atoms with Crippen molar-refractivity contribution < 1.29 is 22.7 Å². The average molecular weight is 489 g/mol. The maximum atomic E-state index is 12.9. The molecule has 3 rings (SSSR count). The molecule has 0 spiro atoms. The van der Waals surface area contributed by atoms with E-state index in [0.717, 1.165) is 10.6 Å². The Balaban J connectivity index is 2.12. The highest BCUT2D eigenvalue weighted by Gasteiger charge is 2.34. The van der Waals surface area contributed by atoms with E-state index in [1.54, 1.807) is 45.0 Å². The molecule has 1 atom stereocenters. The molecule has 0 saturated carbocycles. The topological polar surface area (TPSA) is 127 Å². The number of esters is 1. The van der Waals surface area contributed by atoms with Crippen LogP contribution in [0, 0.1) is 0 Å². The quantitative estimate of drug-likeness (QED) is 0.518. The molecule has 1 aliphatic rings. The number of hydrogen-bond acceptors (Lipinski definition) is 6. The van der Waals surface area contributed by atoms with Crippen LogP contribution in [0.25, 0.3) is 0 Å². The lowest BCUT2D eigenvalue weighted by Gasteiger charge is -2.29. The van der Waals surface area contributed by atoms with Gasteiger partial charge in [0.25, 0.3) is 5.56 Å². The van der Waals surface area contributed by atoms with E-state index >= 15 is 0 Å². The summed E-state index contributed by atoms with van der Waals surface area (Å²) in [5.74, 6) is -0.654. The van der Waals surface area contributed by atoms with Gasteiger partial charge in [0, 0.05) is 25.4 Å². The summed E-state index contributed by atoms with van der Waals surface area (Å²) in [6, 6.07) is 9.92. The summed E-state index contributed by atoms with van der Waals surface area (Å²) in [6.45, 7) is 5.54. The van der Waals surface area contributed by atoms with Gasteiger partial charge in [0.05, 0.1) is 35.4 Å². The molecule has 182 valence electrons. The molecule has 0 fully saturated rings. The van der Waals surface area contributed by atoms with Gasteiger partial charge in [-0.25, -0.2) is 18.0 Å². The van der Waals surface area contributed by atoms with E-state index in [9.17, 15) is 22.8 Å². The number of nitrogens with zero attached hydrogens (tertiary/aromatic N) is 2. The van der Waals surface area contributed by atoms with Gasteiger partial charge in [0.1, 0.15) is 0 Å². The Bertz CT molecular complexity index is 1250. The minimum absolute atomic E-state index is 0.0612. The molecule has 0 saturated heterocycles. The lowest BCUT2D eigenvalue weighted by Crippen LogP contribution is -2.47. The first-order chi connectivity index (χ1) is 16.2. The van der Waals surface area contributed by atoms with Crippen molar-refractivity contribution in [3.05, 3.63) is 75.8 Å². The van der Waals surface area contributed by atoms with Gasteiger partial charge in [0.15, 0.2) is 0 Å². The fraction of sp³-hybridized carbons (Fsp3) is 0.348. The number of allylic oxidation sites excluding steroid dienone is 1. The van der Waals surface area contributed by atoms with Crippen LogP contribution in [0.4, 0.5) is 4.79 Å². The summed E-state index contributed by atoms with van der Waals surface area (Å²) >= 11 is 0. The molecule has 2 heterocycles. The predicted octanol–water partition coefficient (Wildman–Crippen LogP) is 1.75. The van der Waals surface area contributed by atoms with Crippen molar-refractivity contribution in [3.63, 3.8) is 0 Å². The Morgan fingerprint density at radius 1 is 1.06 bits per heavy atom. The van der Waals surface area contributed by atoms with Crippen LogP contribution >= 0.6 is 0 Å². The number of rotatable bonds is 9. The summed E-state index contributed by atoms with van der Waals surface area (Å²) in [5, 5.41) is 5.31. The van der Waals surface area contributed by atoms with E-state index in [2.05, 4.69) is 10.6 Å². The number of ether oxygens (including phenoxy) is 1. The SMILES string of the molecule is CCOC(=O)C1=C(Cn2cc(S(=O)(=O)N(CC)CC)ccc2=O)NC(=O)NC1c1ccccc1. The molecule has 10 nitrogen and oxygen atoms in total. The molecular weight excluding hydrogens is 460 g/mol. The Labute approximate surface area is 198 Å². The number of benzene rings is 1. The highest BCUT2D eigenvalue weighted by Crippen LogP contribution is 2.28. The van der Waals surface area contributed by atoms with Gasteiger partial charge in [-0.2, -0.15) is 4.31 Å². The fourth-order valence-electron chi connectivity index (χ4n) is 3.76. The third-order valence-electron chi connectivity index (χ3n) is 5.41. The maximum absolute atomic E-state index is 12.9. The number of carbonyl (C=O) groups is 2. The van der Waals surface area contributed by atoms with Crippen LogP contribution in [0.1, 0.15) is 32.4 Å². The Hall–Kier alpha value is -3.44. The van der Waals surface area contributed by atoms with Crippen LogP contribution in [0.2, 0.25) is 0 Å². The molecule has 1 aromatic heterocycles. The van der Waals surface area contributed by atoms with Crippen LogP contribution < -0.4 is 16.2 Å². The number of sulfonamides is 1. The maximum Gasteiger partial charge on any atom is 0.338 e. The molecule has 2 N–H and O–H groups in total. The van der Waals surface area contributed by atoms with Crippen molar-refractivity contribution in [1.82, 2.24) is 19.5 Å². The van der Waals surface area contributed by atoms with Gasteiger partial charge in [0.2, 0.25) is 10.0 Å². The zero-order valence-electron chi connectivity index (χ0n) is 19.3. The number of amides is 2. The number of aromatic nitrogens is 1. The predicted molar refractivity (Wildman–Crippen MR) is 125 cm³/mol. The van der Waals surface area contributed by atoms with Gasteiger partial charge in [-0.3, -0.25) is 4.79 Å². The Morgan fingerprint density at radius 2 is 1.74 bits per heavy atom. The van der Waals surface area contributed by atoms with E-state index in [0.29, 0.717) is 5.56 Å². The number of urea groups is 1. The second-order valence-corrected chi connectivity index (χ2v) is 9.41. The molecule has 1 unspecified atom stereocenters. The zero-order chi connectivity index (χ0) is 24.9. The van der Waals surface area contributed by atoms with E-state index < -0.39 is 33.6 Å². The van der Waals surface area contributed by atoms with E-state index in [-0.39, 0.29) is 42.4 Å². The van der Waals surface area contributed by atoms with Gasteiger partial charge < -0.3 is 19.9 Å². The van der Waals surface area contributed by atoms with Crippen LogP contribution in [0.3, 0.4) is 0 Å². The standard InChI is InChI=1S/C23H28N4O6S/c1-4-27(5-2)34(31,32)17-12-13-19(28)26(14-17)15-18-20(22(29)33-6-3)21(25-23(30)24-18)16-10-8-7-9-11-16/h7-14,21H,4-6,15H2,1-3H3,(H2,24,25,30). The van der Waals surface area contributed by atoms with Gasteiger partial charge >= 0.3 is 12.0 Å². The number of pyridine rings is 1. The van der Waals surface area contributed by atoms with Gasteiger partial charge in [-0.15, -0.1) is 0 Å². The van der Waals surface area contributed by atoms with Crippen LogP contribution in [0.15, 0.2) is 69.6 Å². The molecule has 1 aliphatic heterocycles. The molecule has 0 radical (unpaired) electrons. The molecule has 2 amide bonds. The molecule has 0 aliphatic carbocycles. The monoisotopic (exact) mass is 488 g/mol. The van der Waals surface area contributed by atoms with E-state index in [1.807, 2.05) is 6.07 Å². The van der Waals surface area contributed by atoms with Gasteiger partial charge in [-0.1, -0.05) is 44.2 Å². The lowest BCUT2D eigenvalue weighted by atomic mass is 9.95. The van der Waals surface area contributed by atoms with Crippen LogP contribution in [-0.4, -0.2) is 49.0 Å². The molecule has 11 heteroatoms. The average Bonchev–Trinajstić information content (AvgIpc) is 2.81. The van der Waals surface area contributed by atoms with Crippen molar-refractivity contribution in [3.8, 4) is 0 Å². The van der Waals surface area contributed by atoms with Crippen molar-refractivity contribution >= 4 is 22.0 Å². The minimum Gasteiger partial charge on any atom is -0.463 e. The highest BCUT2D eigenvalue weighted by molar-refractivity contribution is 7.89. The summed E-state index contributed by atoms with van der Waals surface area (Å²) in [5.41, 5.74) is 0.452. The summed E-state index contributed by atoms with van der Waals surface area (Å²) in [4.78, 5) is 37.9. The number of nitrogens with one attached hydrogen (secondary N) is 2. The van der Waals surface area contributed by atoms with E-state index in [4.69, 9.17) is 4.74 Å². The minimum atomic E-state index is -3.82. The first-order valence-electron chi connectivity index (χ1n) is 11.0. The normalized spacial score (nSPS) is 16.2. The van der Waals surface area contributed by atoms with E-state index in [1.165, 1.54) is 16.6 Å². The lowest BCUT2D eigenvalue weighted by molar-refractivity contribution is -0.139. The second kappa shape index (κ2) is 10.7. The third-order valence-corrected chi connectivity index (χ3v) is 7.44. The third kappa shape index (κ3) is 5.20. The molecule has 1 aromatic carbocycles. The smallest absolute Gasteiger partial charge is 0.338 e. The Morgan fingerprint density at radius 3 is 2.35 bits per heavy atom. The Kier molecular flexibility index (Phi) is 7.90. The highest BCUT2D eigenvalue weighted by atomic mass is 32.2. The van der Waals surface area contributed by atoms with Crippen molar-refractivity contribution in [2.75, 3.05) is 19.7 Å². The first kappa shape index (κ1) is 25.2. The molecular formula is C23H28N4O6S. The van der Waals surface area contributed by atoms with Crippen molar-refractivity contribution in [2.45, 2.75) is 38.3 Å². The zero-order valence-corrected chi connectivity index (χ0v) is 20.1. The van der Waals surface area contributed by atoms with Crippen LogP contribution in [0.5, 0.6) is 0 Å².